The lowest BCUT2D eigenvalue weighted by Gasteiger charge is -2.25. The number of aromatic nitrogens is 2. The van der Waals surface area contributed by atoms with Crippen LogP contribution in [0, 0.1) is 6.57 Å². The summed E-state index contributed by atoms with van der Waals surface area (Å²) in [6, 6.07) is 0. The Labute approximate surface area is 98.3 Å². The van der Waals surface area contributed by atoms with Gasteiger partial charge in [0.25, 0.3) is 5.82 Å². The van der Waals surface area contributed by atoms with Crippen molar-refractivity contribution in [3.05, 3.63) is 22.7 Å². The molecule has 0 fully saturated rings. The molecule has 0 aliphatic heterocycles. The summed E-state index contributed by atoms with van der Waals surface area (Å²) >= 11 is 0. The zero-order valence-corrected chi connectivity index (χ0v) is 11.3. The Morgan fingerprint density at radius 1 is 1.06 bits per heavy atom. The van der Waals surface area contributed by atoms with E-state index in [1.807, 2.05) is 7.05 Å². The zero-order chi connectivity index (χ0) is 12.7. The first-order chi connectivity index (χ1) is 7.09. The molecular weight excluding hydrogens is 198 g/mol. The Morgan fingerprint density at radius 2 is 1.56 bits per heavy atom. The van der Waals surface area contributed by atoms with Crippen LogP contribution in [0.2, 0.25) is 0 Å². The van der Waals surface area contributed by atoms with Crippen LogP contribution in [0.4, 0.5) is 5.82 Å². The van der Waals surface area contributed by atoms with Gasteiger partial charge in [0, 0.05) is 11.0 Å². The highest BCUT2D eigenvalue weighted by molar-refractivity contribution is 5.54. The van der Waals surface area contributed by atoms with Gasteiger partial charge in [0.1, 0.15) is 0 Å². The molecule has 0 aliphatic rings. The average molecular weight is 219 g/mol. The third-order valence-corrected chi connectivity index (χ3v) is 2.58. The van der Waals surface area contributed by atoms with Crippen molar-refractivity contribution in [1.82, 2.24) is 9.78 Å². The summed E-state index contributed by atoms with van der Waals surface area (Å²) < 4.78 is 1.70. The van der Waals surface area contributed by atoms with Crippen LogP contribution in [0.15, 0.2) is 0 Å². The van der Waals surface area contributed by atoms with E-state index < -0.39 is 0 Å². The van der Waals surface area contributed by atoms with Crippen LogP contribution in [0.1, 0.15) is 52.8 Å². The molecule has 88 valence electrons. The molecule has 0 atom stereocenters. The molecule has 0 spiro atoms. The largest absolute Gasteiger partial charge is 0.362 e. The number of hydrogen-bond donors (Lipinski definition) is 0. The Morgan fingerprint density at radius 3 is 1.88 bits per heavy atom. The van der Waals surface area contributed by atoms with Gasteiger partial charge in [0.2, 0.25) is 0 Å². The van der Waals surface area contributed by atoms with Crippen LogP contribution in [-0.2, 0) is 17.9 Å². The van der Waals surface area contributed by atoms with E-state index in [0.717, 1.165) is 11.3 Å². The molecule has 0 bridgehead atoms. The Balaban J connectivity index is 3.61. The van der Waals surface area contributed by atoms with Gasteiger partial charge in [-0.2, -0.15) is 0 Å². The Hall–Kier alpha value is -1.30. The van der Waals surface area contributed by atoms with Gasteiger partial charge in [0.05, 0.1) is 12.7 Å². The third kappa shape index (κ3) is 2.11. The normalized spacial score (nSPS) is 12.6. The minimum Gasteiger partial charge on any atom is -0.362 e. The lowest BCUT2D eigenvalue weighted by Crippen LogP contribution is -2.21. The average Bonchev–Trinajstić information content (AvgIpc) is 2.40. The molecule has 0 aliphatic carbocycles. The van der Waals surface area contributed by atoms with Crippen molar-refractivity contribution in [2.45, 2.75) is 52.4 Å². The van der Waals surface area contributed by atoms with Crippen molar-refractivity contribution >= 4 is 5.82 Å². The molecule has 0 radical (unpaired) electrons. The standard InChI is InChI=1S/C13H21N3/c1-12(2,3)9-10(13(4,5)6)15-16(8)11(9)14-7/h1-6,8H3. The van der Waals surface area contributed by atoms with Gasteiger partial charge in [-0.15, -0.1) is 5.10 Å². The summed E-state index contributed by atoms with van der Waals surface area (Å²) in [5.41, 5.74) is 2.05. The highest BCUT2D eigenvalue weighted by Crippen LogP contribution is 2.39. The number of nitrogens with zero attached hydrogens (tertiary/aromatic N) is 3. The molecule has 1 aromatic heterocycles. The molecule has 3 heteroatoms. The fourth-order valence-electron chi connectivity index (χ4n) is 1.86. The Bertz CT molecular complexity index is 433. The first kappa shape index (κ1) is 12.8. The molecular formula is C13H21N3. The second kappa shape index (κ2) is 3.62. The Kier molecular flexibility index (Phi) is 2.89. The SMILES string of the molecule is [C-]#[N+]c1c(C(C)(C)C)c(C(C)(C)C)nn1C. The summed E-state index contributed by atoms with van der Waals surface area (Å²) in [5, 5.41) is 4.52. The fourth-order valence-corrected chi connectivity index (χ4v) is 1.86. The molecule has 0 unspecified atom stereocenters. The van der Waals surface area contributed by atoms with E-state index in [-0.39, 0.29) is 10.8 Å². The summed E-state index contributed by atoms with van der Waals surface area (Å²) in [5.74, 6) is 0.664. The monoisotopic (exact) mass is 219 g/mol. The number of rotatable bonds is 0. The second-order valence-electron chi connectivity index (χ2n) is 6.28. The summed E-state index contributed by atoms with van der Waals surface area (Å²) in [4.78, 5) is 3.62. The molecule has 0 saturated heterocycles. The quantitative estimate of drug-likeness (QED) is 0.611. The van der Waals surface area contributed by atoms with E-state index in [2.05, 4.69) is 51.5 Å². The number of hydrogen-bond acceptors (Lipinski definition) is 1. The molecule has 0 saturated carbocycles. The maximum absolute atomic E-state index is 7.29. The van der Waals surface area contributed by atoms with Crippen LogP contribution in [0.3, 0.4) is 0 Å². The van der Waals surface area contributed by atoms with Crippen LogP contribution in [0.5, 0.6) is 0 Å². The first-order valence-corrected chi connectivity index (χ1v) is 5.54. The highest BCUT2D eigenvalue weighted by atomic mass is 15.3. The molecule has 0 aromatic carbocycles. The van der Waals surface area contributed by atoms with Gasteiger partial charge in [-0.25, -0.2) is 4.68 Å². The highest BCUT2D eigenvalue weighted by Gasteiger charge is 2.32. The minimum atomic E-state index is -0.0449. The van der Waals surface area contributed by atoms with E-state index in [0.29, 0.717) is 5.82 Å². The smallest absolute Gasteiger partial charge is 0.255 e. The molecule has 1 aromatic rings. The fraction of sp³-hybridized carbons (Fsp3) is 0.692. The van der Waals surface area contributed by atoms with Crippen molar-refractivity contribution in [2.75, 3.05) is 0 Å². The molecule has 16 heavy (non-hydrogen) atoms. The van der Waals surface area contributed by atoms with Gasteiger partial charge < -0.3 is 4.85 Å². The zero-order valence-electron chi connectivity index (χ0n) is 11.3. The van der Waals surface area contributed by atoms with Crippen LogP contribution in [0.25, 0.3) is 4.85 Å². The molecule has 3 nitrogen and oxygen atoms in total. The van der Waals surface area contributed by atoms with Gasteiger partial charge >= 0.3 is 0 Å². The predicted molar refractivity (Wildman–Crippen MR) is 66.9 cm³/mol. The third-order valence-electron chi connectivity index (χ3n) is 2.58. The topological polar surface area (TPSA) is 22.2 Å². The minimum absolute atomic E-state index is 0.0245. The lowest BCUT2D eigenvalue weighted by molar-refractivity contribution is 0.517. The predicted octanol–water partition coefficient (Wildman–Crippen LogP) is 3.57. The van der Waals surface area contributed by atoms with E-state index in [9.17, 15) is 0 Å². The van der Waals surface area contributed by atoms with Crippen molar-refractivity contribution in [1.29, 1.82) is 0 Å². The van der Waals surface area contributed by atoms with Gasteiger partial charge in [-0.05, 0) is 5.41 Å². The van der Waals surface area contributed by atoms with E-state index in [1.54, 1.807) is 4.68 Å². The lowest BCUT2D eigenvalue weighted by atomic mass is 9.79. The van der Waals surface area contributed by atoms with E-state index >= 15 is 0 Å². The van der Waals surface area contributed by atoms with Crippen LogP contribution < -0.4 is 0 Å². The molecule has 0 N–H and O–H groups in total. The van der Waals surface area contributed by atoms with Crippen LogP contribution in [-0.4, -0.2) is 9.78 Å². The first-order valence-electron chi connectivity index (χ1n) is 5.54. The van der Waals surface area contributed by atoms with Gasteiger partial charge in [-0.3, -0.25) is 0 Å². The van der Waals surface area contributed by atoms with E-state index in [4.69, 9.17) is 6.57 Å². The number of aryl methyl sites for hydroxylation is 1. The van der Waals surface area contributed by atoms with Crippen molar-refractivity contribution < 1.29 is 0 Å². The van der Waals surface area contributed by atoms with Crippen molar-refractivity contribution in [3.63, 3.8) is 0 Å². The van der Waals surface area contributed by atoms with Gasteiger partial charge in [0.15, 0.2) is 0 Å². The van der Waals surface area contributed by atoms with E-state index in [1.165, 1.54) is 0 Å². The maximum atomic E-state index is 7.29. The second-order valence-corrected chi connectivity index (χ2v) is 6.28. The molecule has 1 rings (SSSR count). The van der Waals surface area contributed by atoms with Crippen molar-refractivity contribution in [2.24, 2.45) is 7.05 Å². The molecule has 1 heterocycles. The van der Waals surface area contributed by atoms with Crippen molar-refractivity contribution in [3.8, 4) is 0 Å². The molecule has 0 amide bonds. The summed E-state index contributed by atoms with van der Waals surface area (Å²) in [6.07, 6.45) is 0. The van der Waals surface area contributed by atoms with Crippen LogP contribution >= 0.6 is 0 Å². The summed E-state index contributed by atoms with van der Waals surface area (Å²) in [7, 11) is 1.85. The summed E-state index contributed by atoms with van der Waals surface area (Å²) in [6.45, 7) is 20.1. The maximum Gasteiger partial charge on any atom is 0.255 e. The van der Waals surface area contributed by atoms with Gasteiger partial charge in [-0.1, -0.05) is 48.1 Å².